The highest BCUT2D eigenvalue weighted by molar-refractivity contribution is 5.89. The molecule has 0 radical (unpaired) electrons. The van der Waals surface area contributed by atoms with Gasteiger partial charge in [-0.25, -0.2) is 4.79 Å². The quantitative estimate of drug-likeness (QED) is 0.730. The van der Waals surface area contributed by atoms with Crippen molar-refractivity contribution in [3.05, 3.63) is 35.4 Å². The third-order valence-corrected chi connectivity index (χ3v) is 3.55. The van der Waals surface area contributed by atoms with Crippen LogP contribution in [-0.4, -0.2) is 53.9 Å². The summed E-state index contributed by atoms with van der Waals surface area (Å²) in [6, 6.07) is 7.05. The highest BCUT2D eigenvalue weighted by atomic mass is 16.4. The summed E-state index contributed by atoms with van der Waals surface area (Å²) in [6.07, 6.45) is 0.560. The van der Waals surface area contributed by atoms with Crippen LogP contribution in [0.15, 0.2) is 24.3 Å². The molecule has 5 heteroatoms. The van der Waals surface area contributed by atoms with Gasteiger partial charge in [0, 0.05) is 38.8 Å². The highest BCUT2D eigenvalue weighted by Crippen LogP contribution is 2.27. The molecule has 2 rings (SSSR count). The third-order valence-electron chi connectivity index (χ3n) is 3.55. The number of aromatic carboxylic acids is 1. The fourth-order valence-corrected chi connectivity index (χ4v) is 2.63. The second-order valence-corrected chi connectivity index (χ2v) is 4.71. The maximum Gasteiger partial charge on any atom is 0.336 e. The van der Waals surface area contributed by atoms with E-state index in [0.717, 1.165) is 31.7 Å². The minimum atomic E-state index is -0.909. The summed E-state index contributed by atoms with van der Waals surface area (Å²) in [4.78, 5) is 13.6. The Bertz CT molecular complexity index is 430. The van der Waals surface area contributed by atoms with Crippen molar-refractivity contribution in [1.29, 1.82) is 0 Å². The number of carboxylic acid groups (broad SMARTS) is 1. The lowest BCUT2D eigenvalue weighted by molar-refractivity contribution is 0.0689. The SMILES string of the molecule is O=C(O)c1ccccc1[C@H](CCO)N1CCNCC1. The fraction of sp³-hybridized carbons (Fsp3) is 0.500. The molecule has 0 amide bonds. The Morgan fingerprint density at radius 1 is 1.32 bits per heavy atom. The summed E-state index contributed by atoms with van der Waals surface area (Å²) in [7, 11) is 0. The summed E-state index contributed by atoms with van der Waals surface area (Å²) in [5.41, 5.74) is 1.13. The molecule has 0 saturated carbocycles. The van der Waals surface area contributed by atoms with Crippen molar-refractivity contribution >= 4 is 5.97 Å². The van der Waals surface area contributed by atoms with E-state index < -0.39 is 5.97 Å². The van der Waals surface area contributed by atoms with Gasteiger partial charge in [0.05, 0.1) is 5.56 Å². The Labute approximate surface area is 112 Å². The van der Waals surface area contributed by atoms with E-state index in [1.165, 1.54) is 0 Å². The first-order valence-electron chi connectivity index (χ1n) is 6.62. The molecule has 1 fully saturated rings. The van der Waals surface area contributed by atoms with Gasteiger partial charge in [0.1, 0.15) is 0 Å². The molecule has 1 saturated heterocycles. The fourth-order valence-electron chi connectivity index (χ4n) is 2.63. The second-order valence-electron chi connectivity index (χ2n) is 4.71. The van der Waals surface area contributed by atoms with E-state index in [1.807, 2.05) is 12.1 Å². The number of carbonyl (C=O) groups is 1. The summed E-state index contributed by atoms with van der Waals surface area (Å²) in [5.74, 6) is -0.909. The van der Waals surface area contributed by atoms with Gasteiger partial charge in [0.2, 0.25) is 0 Å². The van der Waals surface area contributed by atoms with E-state index in [9.17, 15) is 15.0 Å². The summed E-state index contributed by atoms with van der Waals surface area (Å²) < 4.78 is 0. The first-order chi connectivity index (χ1) is 9.24. The van der Waals surface area contributed by atoms with E-state index in [1.54, 1.807) is 12.1 Å². The maximum atomic E-state index is 11.3. The van der Waals surface area contributed by atoms with Crippen LogP contribution < -0.4 is 5.32 Å². The Kier molecular flexibility index (Phi) is 4.90. The molecule has 0 aromatic heterocycles. The molecule has 0 aliphatic carbocycles. The lowest BCUT2D eigenvalue weighted by atomic mass is 9.96. The van der Waals surface area contributed by atoms with Gasteiger partial charge in [0.25, 0.3) is 0 Å². The largest absolute Gasteiger partial charge is 0.478 e. The Hall–Kier alpha value is -1.43. The molecule has 5 nitrogen and oxygen atoms in total. The number of carboxylic acids is 1. The minimum Gasteiger partial charge on any atom is -0.478 e. The molecule has 0 spiro atoms. The van der Waals surface area contributed by atoms with Crippen LogP contribution in [0.3, 0.4) is 0 Å². The zero-order chi connectivity index (χ0) is 13.7. The van der Waals surface area contributed by atoms with Crippen molar-refractivity contribution in [3.8, 4) is 0 Å². The molecule has 1 aromatic carbocycles. The molecular formula is C14H20N2O3. The van der Waals surface area contributed by atoms with Crippen molar-refractivity contribution in [2.75, 3.05) is 32.8 Å². The Balaban J connectivity index is 2.29. The van der Waals surface area contributed by atoms with Crippen LogP contribution in [0.4, 0.5) is 0 Å². The van der Waals surface area contributed by atoms with Gasteiger partial charge in [-0.3, -0.25) is 4.90 Å². The molecule has 1 aromatic rings. The number of nitrogens with zero attached hydrogens (tertiary/aromatic N) is 1. The first-order valence-corrected chi connectivity index (χ1v) is 6.62. The number of piperazine rings is 1. The number of hydrogen-bond acceptors (Lipinski definition) is 4. The van der Waals surface area contributed by atoms with E-state index in [0.29, 0.717) is 12.0 Å². The van der Waals surface area contributed by atoms with Crippen LogP contribution in [0.2, 0.25) is 0 Å². The van der Waals surface area contributed by atoms with Crippen molar-refractivity contribution in [2.45, 2.75) is 12.5 Å². The highest BCUT2D eigenvalue weighted by Gasteiger charge is 2.25. The number of hydrogen-bond donors (Lipinski definition) is 3. The van der Waals surface area contributed by atoms with Crippen LogP contribution >= 0.6 is 0 Å². The van der Waals surface area contributed by atoms with Crippen LogP contribution in [0.25, 0.3) is 0 Å². The molecule has 0 unspecified atom stereocenters. The molecule has 3 N–H and O–H groups in total. The van der Waals surface area contributed by atoms with Crippen LogP contribution in [0.5, 0.6) is 0 Å². The topological polar surface area (TPSA) is 72.8 Å². The Morgan fingerprint density at radius 3 is 2.63 bits per heavy atom. The van der Waals surface area contributed by atoms with Gasteiger partial charge in [0.15, 0.2) is 0 Å². The predicted octanol–water partition coefficient (Wildman–Crippen LogP) is 0.713. The first kappa shape index (κ1) is 14.0. The standard InChI is InChI=1S/C14H20N2O3/c17-10-5-13(16-8-6-15-7-9-16)11-3-1-2-4-12(11)14(18)19/h1-4,13,15,17H,5-10H2,(H,18,19)/t13-/m0/s1. The minimum absolute atomic E-state index is 0.0283. The summed E-state index contributed by atoms with van der Waals surface area (Å²) in [6.45, 7) is 3.61. The van der Waals surface area contributed by atoms with Crippen molar-refractivity contribution in [3.63, 3.8) is 0 Å². The van der Waals surface area contributed by atoms with Crippen LogP contribution in [0, 0.1) is 0 Å². The number of aliphatic hydroxyl groups is 1. The normalized spacial score (nSPS) is 18.2. The van der Waals surface area contributed by atoms with Crippen molar-refractivity contribution < 1.29 is 15.0 Å². The average molecular weight is 264 g/mol. The lowest BCUT2D eigenvalue weighted by Gasteiger charge is -2.35. The van der Waals surface area contributed by atoms with Gasteiger partial charge in [-0.15, -0.1) is 0 Å². The molecule has 1 aliphatic heterocycles. The number of nitrogens with one attached hydrogen (secondary N) is 1. The van der Waals surface area contributed by atoms with Crippen molar-refractivity contribution in [2.24, 2.45) is 0 Å². The lowest BCUT2D eigenvalue weighted by Crippen LogP contribution is -2.45. The molecule has 1 atom stereocenters. The van der Waals surface area contributed by atoms with Gasteiger partial charge < -0.3 is 15.5 Å². The summed E-state index contributed by atoms with van der Waals surface area (Å²) in [5, 5.41) is 21.8. The van der Waals surface area contributed by atoms with Gasteiger partial charge in [-0.05, 0) is 18.1 Å². The van der Waals surface area contributed by atoms with E-state index in [-0.39, 0.29) is 12.6 Å². The zero-order valence-electron chi connectivity index (χ0n) is 10.9. The van der Waals surface area contributed by atoms with E-state index >= 15 is 0 Å². The van der Waals surface area contributed by atoms with Crippen LogP contribution in [-0.2, 0) is 0 Å². The number of benzene rings is 1. The van der Waals surface area contributed by atoms with E-state index in [2.05, 4.69) is 10.2 Å². The zero-order valence-corrected chi connectivity index (χ0v) is 10.9. The molecule has 1 heterocycles. The third kappa shape index (κ3) is 3.32. The van der Waals surface area contributed by atoms with Crippen molar-refractivity contribution in [1.82, 2.24) is 10.2 Å². The molecule has 1 aliphatic rings. The van der Waals surface area contributed by atoms with E-state index in [4.69, 9.17) is 0 Å². The molecule has 0 bridgehead atoms. The maximum absolute atomic E-state index is 11.3. The average Bonchev–Trinajstić information content (AvgIpc) is 2.45. The molecular weight excluding hydrogens is 244 g/mol. The van der Waals surface area contributed by atoms with Gasteiger partial charge >= 0.3 is 5.97 Å². The molecule has 19 heavy (non-hydrogen) atoms. The van der Waals surface area contributed by atoms with Gasteiger partial charge in [-0.1, -0.05) is 18.2 Å². The van der Waals surface area contributed by atoms with Crippen LogP contribution in [0.1, 0.15) is 28.4 Å². The number of aliphatic hydroxyl groups excluding tert-OH is 1. The predicted molar refractivity (Wildman–Crippen MR) is 72.3 cm³/mol. The Morgan fingerprint density at radius 2 is 2.00 bits per heavy atom. The van der Waals surface area contributed by atoms with Gasteiger partial charge in [-0.2, -0.15) is 0 Å². The number of rotatable bonds is 5. The summed E-state index contributed by atoms with van der Waals surface area (Å²) >= 11 is 0. The monoisotopic (exact) mass is 264 g/mol. The molecule has 104 valence electrons. The smallest absolute Gasteiger partial charge is 0.336 e. The second kappa shape index (κ2) is 6.65.